The molecule has 0 radical (unpaired) electrons. The van der Waals surface area contributed by atoms with Gasteiger partial charge in [0.1, 0.15) is 5.82 Å². The molecule has 0 saturated carbocycles. The molecule has 0 saturated heterocycles. The highest BCUT2D eigenvalue weighted by atomic mass is 14.8. The number of nitrogens with two attached hydrogens (primary N) is 2. The molecule has 3 heteroatoms. The standard InChI is InChI=1S/C13H15N3/c1-9-12(5-6-13(15)16-9)11-4-2-3-10(7-11)8-14/h2-7H,8,14H2,1H3,(H2,15,16). The van der Waals surface area contributed by atoms with Crippen LogP contribution in [-0.4, -0.2) is 4.98 Å². The fourth-order valence-corrected chi connectivity index (χ4v) is 1.75. The van der Waals surface area contributed by atoms with Crippen LogP contribution in [0.1, 0.15) is 11.3 Å². The molecule has 16 heavy (non-hydrogen) atoms. The van der Waals surface area contributed by atoms with E-state index in [0.29, 0.717) is 12.4 Å². The zero-order valence-electron chi connectivity index (χ0n) is 9.27. The molecule has 0 fully saturated rings. The van der Waals surface area contributed by atoms with Crippen LogP contribution in [0.5, 0.6) is 0 Å². The van der Waals surface area contributed by atoms with Crippen molar-refractivity contribution < 1.29 is 0 Å². The van der Waals surface area contributed by atoms with Crippen LogP contribution in [0.4, 0.5) is 5.82 Å². The highest BCUT2D eigenvalue weighted by molar-refractivity contribution is 5.67. The van der Waals surface area contributed by atoms with Crippen molar-refractivity contribution in [3.05, 3.63) is 47.7 Å². The average Bonchev–Trinajstić information content (AvgIpc) is 2.29. The second-order valence-corrected chi connectivity index (χ2v) is 3.77. The van der Waals surface area contributed by atoms with Crippen LogP contribution in [0.2, 0.25) is 0 Å². The van der Waals surface area contributed by atoms with Gasteiger partial charge in [-0.05, 0) is 36.2 Å². The predicted molar refractivity (Wildman–Crippen MR) is 66.7 cm³/mol. The fraction of sp³-hybridized carbons (Fsp3) is 0.154. The molecule has 0 bridgehead atoms. The van der Waals surface area contributed by atoms with Gasteiger partial charge in [0.05, 0.1) is 0 Å². The van der Waals surface area contributed by atoms with Crippen molar-refractivity contribution in [1.29, 1.82) is 0 Å². The lowest BCUT2D eigenvalue weighted by Gasteiger charge is -2.07. The zero-order valence-corrected chi connectivity index (χ0v) is 9.27. The van der Waals surface area contributed by atoms with E-state index in [0.717, 1.165) is 22.4 Å². The largest absolute Gasteiger partial charge is 0.384 e. The van der Waals surface area contributed by atoms with Gasteiger partial charge in [0.15, 0.2) is 0 Å². The van der Waals surface area contributed by atoms with Crippen molar-refractivity contribution in [2.45, 2.75) is 13.5 Å². The van der Waals surface area contributed by atoms with Crippen molar-refractivity contribution >= 4 is 5.82 Å². The number of anilines is 1. The molecule has 0 aliphatic heterocycles. The topological polar surface area (TPSA) is 64.9 Å². The zero-order chi connectivity index (χ0) is 11.5. The molecule has 0 spiro atoms. The summed E-state index contributed by atoms with van der Waals surface area (Å²) in [5.41, 5.74) is 15.5. The van der Waals surface area contributed by atoms with E-state index in [1.165, 1.54) is 0 Å². The number of aromatic nitrogens is 1. The van der Waals surface area contributed by atoms with E-state index < -0.39 is 0 Å². The second-order valence-electron chi connectivity index (χ2n) is 3.77. The van der Waals surface area contributed by atoms with E-state index in [-0.39, 0.29) is 0 Å². The van der Waals surface area contributed by atoms with E-state index in [1.807, 2.05) is 31.2 Å². The third kappa shape index (κ3) is 2.04. The Bertz CT molecular complexity index is 506. The van der Waals surface area contributed by atoms with Crippen molar-refractivity contribution in [2.24, 2.45) is 5.73 Å². The summed E-state index contributed by atoms with van der Waals surface area (Å²) in [6.07, 6.45) is 0. The van der Waals surface area contributed by atoms with Gasteiger partial charge in [0, 0.05) is 17.8 Å². The molecule has 3 nitrogen and oxygen atoms in total. The van der Waals surface area contributed by atoms with Crippen molar-refractivity contribution in [2.75, 3.05) is 5.73 Å². The molecule has 2 aromatic rings. The average molecular weight is 213 g/mol. The Morgan fingerprint density at radius 1 is 1.19 bits per heavy atom. The van der Waals surface area contributed by atoms with E-state index in [9.17, 15) is 0 Å². The summed E-state index contributed by atoms with van der Waals surface area (Å²) >= 11 is 0. The van der Waals surface area contributed by atoms with Gasteiger partial charge in [-0.1, -0.05) is 18.2 Å². The molecule has 0 atom stereocenters. The Labute approximate surface area is 95.1 Å². The Kier molecular flexibility index (Phi) is 2.88. The minimum Gasteiger partial charge on any atom is -0.384 e. The van der Waals surface area contributed by atoms with Gasteiger partial charge >= 0.3 is 0 Å². The minimum atomic E-state index is 0.551. The number of nitrogens with zero attached hydrogens (tertiary/aromatic N) is 1. The Morgan fingerprint density at radius 2 is 2.00 bits per heavy atom. The number of pyridine rings is 1. The lowest BCUT2D eigenvalue weighted by molar-refractivity contribution is 1.07. The summed E-state index contributed by atoms with van der Waals surface area (Å²) in [5.74, 6) is 0.552. The van der Waals surface area contributed by atoms with Gasteiger partial charge in [-0.25, -0.2) is 4.98 Å². The Morgan fingerprint density at radius 3 is 2.69 bits per heavy atom. The van der Waals surface area contributed by atoms with Crippen LogP contribution in [0, 0.1) is 6.92 Å². The van der Waals surface area contributed by atoms with Gasteiger partial charge in [-0.15, -0.1) is 0 Å². The maximum absolute atomic E-state index is 5.63. The normalized spacial score (nSPS) is 10.4. The quantitative estimate of drug-likeness (QED) is 0.802. The molecule has 0 aliphatic carbocycles. The number of nitrogen functional groups attached to an aromatic ring is 1. The third-order valence-corrected chi connectivity index (χ3v) is 2.58. The molecular formula is C13H15N3. The van der Waals surface area contributed by atoms with Crippen LogP contribution in [0.3, 0.4) is 0 Å². The van der Waals surface area contributed by atoms with Crippen LogP contribution < -0.4 is 11.5 Å². The molecular weight excluding hydrogens is 198 g/mol. The van der Waals surface area contributed by atoms with Crippen molar-refractivity contribution in [3.8, 4) is 11.1 Å². The van der Waals surface area contributed by atoms with Crippen LogP contribution in [0.15, 0.2) is 36.4 Å². The number of aryl methyl sites for hydroxylation is 1. The van der Waals surface area contributed by atoms with E-state index >= 15 is 0 Å². The highest BCUT2D eigenvalue weighted by Gasteiger charge is 2.03. The van der Waals surface area contributed by atoms with Crippen LogP contribution in [-0.2, 0) is 6.54 Å². The first-order valence-corrected chi connectivity index (χ1v) is 5.23. The van der Waals surface area contributed by atoms with Gasteiger partial charge in [0.2, 0.25) is 0 Å². The molecule has 1 aromatic heterocycles. The lowest BCUT2D eigenvalue weighted by Crippen LogP contribution is -1.97. The number of hydrogen-bond donors (Lipinski definition) is 2. The molecule has 2 rings (SSSR count). The highest BCUT2D eigenvalue weighted by Crippen LogP contribution is 2.23. The van der Waals surface area contributed by atoms with E-state index in [2.05, 4.69) is 17.1 Å². The van der Waals surface area contributed by atoms with Gasteiger partial charge in [-0.3, -0.25) is 0 Å². The molecule has 0 amide bonds. The monoisotopic (exact) mass is 213 g/mol. The number of rotatable bonds is 2. The Balaban J connectivity index is 2.49. The Hall–Kier alpha value is -1.87. The number of benzene rings is 1. The number of hydrogen-bond acceptors (Lipinski definition) is 3. The summed E-state index contributed by atoms with van der Waals surface area (Å²) in [5, 5.41) is 0. The fourth-order valence-electron chi connectivity index (χ4n) is 1.75. The second kappa shape index (κ2) is 4.33. The summed E-state index contributed by atoms with van der Waals surface area (Å²) in [7, 11) is 0. The summed E-state index contributed by atoms with van der Waals surface area (Å²) in [6.45, 7) is 2.51. The van der Waals surface area contributed by atoms with Gasteiger partial charge < -0.3 is 11.5 Å². The van der Waals surface area contributed by atoms with Crippen molar-refractivity contribution in [3.63, 3.8) is 0 Å². The third-order valence-electron chi connectivity index (χ3n) is 2.58. The molecule has 0 aliphatic rings. The maximum atomic E-state index is 5.63. The molecule has 1 aromatic carbocycles. The van der Waals surface area contributed by atoms with E-state index in [1.54, 1.807) is 0 Å². The van der Waals surface area contributed by atoms with Gasteiger partial charge in [-0.2, -0.15) is 0 Å². The summed E-state index contributed by atoms with van der Waals surface area (Å²) in [4.78, 5) is 4.25. The van der Waals surface area contributed by atoms with E-state index in [4.69, 9.17) is 11.5 Å². The summed E-state index contributed by atoms with van der Waals surface area (Å²) < 4.78 is 0. The molecule has 4 N–H and O–H groups in total. The van der Waals surface area contributed by atoms with Crippen LogP contribution >= 0.6 is 0 Å². The maximum Gasteiger partial charge on any atom is 0.123 e. The SMILES string of the molecule is Cc1nc(N)ccc1-c1cccc(CN)c1. The summed E-state index contributed by atoms with van der Waals surface area (Å²) in [6, 6.07) is 12.0. The van der Waals surface area contributed by atoms with Gasteiger partial charge in [0.25, 0.3) is 0 Å². The minimum absolute atomic E-state index is 0.551. The smallest absolute Gasteiger partial charge is 0.123 e. The predicted octanol–water partition coefficient (Wildman–Crippen LogP) is 2.10. The first-order chi connectivity index (χ1) is 7.70. The molecule has 82 valence electrons. The lowest BCUT2D eigenvalue weighted by atomic mass is 10.0. The van der Waals surface area contributed by atoms with Crippen molar-refractivity contribution in [1.82, 2.24) is 4.98 Å². The first-order valence-electron chi connectivity index (χ1n) is 5.23. The molecule has 0 unspecified atom stereocenters. The first kappa shape index (κ1) is 10.6. The van der Waals surface area contributed by atoms with Crippen LogP contribution in [0.25, 0.3) is 11.1 Å². The molecule has 1 heterocycles.